The van der Waals surface area contributed by atoms with Crippen LogP contribution in [0.1, 0.15) is 75.2 Å². The van der Waals surface area contributed by atoms with Crippen LogP contribution in [0.5, 0.6) is 0 Å². The Morgan fingerprint density at radius 2 is 1.90 bits per heavy atom. The highest BCUT2D eigenvalue weighted by Crippen LogP contribution is 2.30. The lowest BCUT2D eigenvalue weighted by Crippen LogP contribution is -2.42. The molecule has 0 bridgehead atoms. The summed E-state index contributed by atoms with van der Waals surface area (Å²) >= 11 is 0. The Balaban J connectivity index is 1.43. The van der Waals surface area contributed by atoms with E-state index in [1.54, 1.807) is 22.7 Å². The van der Waals surface area contributed by atoms with E-state index in [4.69, 9.17) is 4.98 Å². The van der Waals surface area contributed by atoms with Gasteiger partial charge in [-0.05, 0) is 39.5 Å². The van der Waals surface area contributed by atoms with E-state index in [1.807, 2.05) is 6.07 Å². The monoisotopic (exact) mass is 447 g/mol. The molecule has 0 aromatic carbocycles. The van der Waals surface area contributed by atoms with Crippen molar-refractivity contribution >= 4 is 15.7 Å². The SMILES string of the molecule is CC(C)S(=O)(=O)N1CCC[C@@H](c2cc3nc4c(c(=O)n3[nH]2)CN(C2CCCC2)CC4)C1. The van der Waals surface area contributed by atoms with Crippen LogP contribution < -0.4 is 5.56 Å². The number of aromatic nitrogens is 3. The molecule has 0 unspecified atom stereocenters. The molecular formula is C22H33N5O3S. The molecule has 0 amide bonds. The lowest BCUT2D eigenvalue weighted by Gasteiger charge is -2.32. The fourth-order valence-corrected chi connectivity index (χ4v) is 6.90. The highest BCUT2D eigenvalue weighted by atomic mass is 32.2. The van der Waals surface area contributed by atoms with Gasteiger partial charge in [0.15, 0.2) is 5.65 Å². The minimum atomic E-state index is -3.28. The Kier molecular flexibility index (Phi) is 5.46. The summed E-state index contributed by atoms with van der Waals surface area (Å²) in [6.45, 7) is 6.14. The van der Waals surface area contributed by atoms with Crippen molar-refractivity contribution in [1.29, 1.82) is 0 Å². The molecule has 1 saturated heterocycles. The number of hydrogen-bond donors (Lipinski definition) is 1. The molecule has 3 aliphatic rings. The van der Waals surface area contributed by atoms with Gasteiger partial charge in [0.2, 0.25) is 10.0 Å². The molecule has 8 nitrogen and oxygen atoms in total. The quantitative estimate of drug-likeness (QED) is 0.776. The summed E-state index contributed by atoms with van der Waals surface area (Å²) < 4.78 is 28.5. The maximum Gasteiger partial charge on any atom is 0.277 e. The van der Waals surface area contributed by atoms with E-state index in [0.29, 0.717) is 31.3 Å². The van der Waals surface area contributed by atoms with Crippen molar-refractivity contribution in [3.8, 4) is 0 Å². The van der Waals surface area contributed by atoms with Crippen LogP contribution in [0.25, 0.3) is 5.65 Å². The van der Waals surface area contributed by atoms with Crippen molar-refractivity contribution in [2.75, 3.05) is 19.6 Å². The second kappa shape index (κ2) is 8.01. The summed E-state index contributed by atoms with van der Waals surface area (Å²) in [5.74, 6) is 0.0513. The van der Waals surface area contributed by atoms with Crippen LogP contribution in [-0.2, 0) is 23.0 Å². The first-order chi connectivity index (χ1) is 14.8. The molecule has 0 spiro atoms. The van der Waals surface area contributed by atoms with Gasteiger partial charge in [0.1, 0.15) is 0 Å². The minimum Gasteiger partial charge on any atom is -0.295 e. The maximum absolute atomic E-state index is 13.3. The number of nitrogens with zero attached hydrogens (tertiary/aromatic N) is 4. The summed E-state index contributed by atoms with van der Waals surface area (Å²) in [6.07, 6.45) is 7.58. The van der Waals surface area contributed by atoms with E-state index in [-0.39, 0.29) is 11.5 Å². The number of aromatic amines is 1. The second-order valence-corrected chi connectivity index (χ2v) is 12.2. The Hall–Kier alpha value is -1.71. The Labute approximate surface area is 183 Å². The maximum atomic E-state index is 13.3. The zero-order valence-corrected chi connectivity index (χ0v) is 19.3. The Morgan fingerprint density at radius 1 is 1.13 bits per heavy atom. The fourth-order valence-electron chi connectivity index (χ4n) is 5.54. The number of fused-ring (bicyclic) bond motifs is 2. The van der Waals surface area contributed by atoms with Gasteiger partial charge >= 0.3 is 0 Å². The lowest BCUT2D eigenvalue weighted by atomic mass is 9.96. The number of sulfonamides is 1. The molecule has 5 rings (SSSR count). The molecule has 9 heteroatoms. The van der Waals surface area contributed by atoms with Crippen molar-refractivity contribution in [3.05, 3.63) is 33.4 Å². The number of H-pyrrole nitrogens is 1. The molecule has 2 fully saturated rings. The molecule has 4 heterocycles. The predicted octanol–water partition coefficient (Wildman–Crippen LogP) is 2.24. The van der Waals surface area contributed by atoms with E-state index in [2.05, 4.69) is 10.00 Å². The molecule has 1 saturated carbocycles. The number of nitrogens with one attached hydrogen (secondary N) is 1. The zero-order valence-electron chi connectivity index (χ0n) is 18.5. The van der Waals surface area contributed by atoms with Crippen molar-refractivity contribution in [1.82, 2.24) is 23.8 Å². The summed E-state index contributed by atoms with van der Waals surface area (Å²) in [4.78, 5) is 20.6. The van der Waals surface area contributed by atoms with Crippen LogP contribution in [0.4, 0.5) is 0 Å². The fraction of sp³-hybridized carbons (Fsp3) is 0.727. The van der Waals surface area contributed by atoms with Crippen molar-refractivity contribution < 1.29 is 8.42 Å². The van der Waals surface area contributed by atoms with Gasteiger partial charge in [-0.3, -0.25) is 14.8 Å². The molecule has 170 valence electrons. The third kappa shape index (κ3) is 3.74. The third-order valence-corrected chi connectivity index (χ3v) is 9.67. The minimum absolute atomic E-state index is 0.00332. The van der Waals surface area contributed by atoms with Gasteiger partial charge in [-0.25, -0.2) is 22.2 Å². The molecular weight excluding hydrogens is 414 g/mol. The first-order valence-corrected chi connectivity index (χ1v) is 13.2. The molecule has 1 N–H and O–H groups in total. The number of piperidine rings is 1. The van der Waals surface area contributed by atoms with Crippen LogP contribution in [0, 0.1) is 0 Å². The van der Waals surface area contributed by atoms with Crippen LogP contribution in [0.3, 0.4) is 0 Å². The Bertz CT molecular complexity index is 1130. The van der Waals surface area contributed by atoms with E-state index in [1.165, 1.54) is 25.7 Å². The average Bonchev–Trinajstić information content (AvgIpc) is 3.44. The van der Waals surface area contributed by atoms with Crippen molar-refractivity contribution in [2.24, 2.45) is 0 Å². The molecule has 1 atom stereocenters. The summed E-state index contributed by atoms with van der Waals surface area (Å²) in [7, 11) is -3.28. The van der Waals surface area contributed by atoms with Crippen LogP contribution in [0.15, 0.2) is 10.9 Å². The van der Waals surface area contributed by atoms with Gasteiger partial charge in [-0.2, -0.15) is 0 Å². The van der Waals surface area contributed by atoms with Gasteiger partial charge in [0, 0.05) is 56.3 Å². The zero-order chi connectivity index (χ0) is 21.8. The topological polar surface area (TPSA) is 90.8 Å². The van der Waals surface area contributed by atoms with Crippen molar-refractivity contribution in [3.63, 3.8) is 0 Å². The summed E-state index contributed by atoms with van der Waals surface area (Å²) in [5.41, 5.74) is 3.30. The highest BCUT2D eigenvalue weighted by molar-refractivity contribution is 7.89. The average molecular weight is 448 g/mol. The molecule has 31 heavy (non-hydrogen) atoms. The predicted molar refractivity (Wildman–Crippen MR) is 120 cm³/mol. The molecule has 2 aromatic rings. The van der Waals surface area contributed by atoms with Gasteiger partial charge in [0.05, 0.1) is 16.5 Å². The first-order valence-electron chi connectivity index (χ1n) is 11.7. The van der Waals surface area contributed by atoms with E-state index >= 15 is 0 Å². The highest BCUT2D eigenvalue weighted by Gasteiger charge is 2.33. The Morgan fingerprint density at radius 3 is 2.65 bits per heavy atom. The van der Waals surface area contributed by atoms with Crippen LogP contribution in [-0.4, -0.2) is 63.1 Å². The van der Waals surface area contributed by atoms with E-state index in [0.717, 1.165) is 42.8 Å². The summed E-state index contributed by atoms with van der Waals surface area (Å²) in [6, 6.07) is 2.55. The normalized spacial score (nSPS) is 24.3. The van der Waals surface area contributed by atoms with Gasteiger partial charge in [-0.1, -0.05) is 12.8 Å². The third-order valence-electron chi connectivity index (χ3n) is 7.43. The first kappa shape index (κ1) is 21.2. The van der Waals surface area contributed by atoms with Crippen LogP contribution >= 0.6 is 0 Å². The number of rotatable bonds is 4. The number of hydrogen-bond acceptors (Lipinski definition) is 5. The largest absolute Gasteiger partial charge is 0.295 e. The van der Waals surface area contributed by atoms with Crippen LogP contribution in [0.2, 0.25) is 0 Å². The molecule has 0 radical (unpaired) electrons. The standard InChI is InChI=1S/C22H33N5O3S/c1-15(2)31(29,30)26-10-5-6-16(13-26)20-12-21-23-19-9-11-25(17-7-3-4-8-17)14-18(19)22(28)27(21)24-20/h12,15-17,24H,3-11,13-14H2,1-2H3/t16-/m1/s1. The molecule has 2 aliphatic heterocycles. The summed E-state index contributed by atoms with van der Waals surface area (Å²) in [5, 5.41) is 2.85. The second-order valence-electron chi connectivity index (χ2n) is 9.70. The van der Waals surface area contributed by atoms with E-state index in [9.17, 15) is 13.2 Å². The van der Waals surface area contributed by atoms with Crippen molar-refractivity contribution in [2.45, 2.75) is 82.5 Å². The smallest absolute Gasteiger partial charge is 0.277 e. The van der Waals surface area contributed by atoms with Gasteiger partial charge in [-0.15, -0.1) is 0 Å². The lowest BCUT2D eigenvalue weighted by molar-refractivity contribution is 0.178. The van der Waals surface area contributed by atoms with E-state index < -0.39 is 15.3 Å². The molecule has 1 aliphatic carbocycles. The van der Waals surface area contributed by atoms with Gasteiger partial charge < -0.3 is 0 Å². The molecule has 2 aromatic heterocycles. The van der Waals surface area contributed by atoms with Gasteiger partial charge in [0.25, 0.3) is 5.56 Å².